The van der Waals surface area contributed by atoms with Crippen LogP contribution >= 0.6 is 15.9 Å². The standard InChI is InChI=1S/C18H18BrFN6O/c1-11-22-23-16-6-7-17(24-26(11)16)25-8-2-3-12(10-25)18(27)21-15-5-4-13(19)9-14(15)20/h4-7,9,12H,2-3,8,10H2,1H3,(H,21,27)/t12-/m0/s1. The summed E-state index contributed by atoms with van der Waals surface area (Å²) in [5.41, 5.74) is 0.883. The molecule has 3 aromatic rings. The fraction of sp³-hybridized carbons (Fsp3) is 0.333. The molecular weight excluding hydrogens is 415 g/mol. The Kier molecular flexibility index (Phi) is 4.77. The highest BCUT2D eigenvalue weighted by molar-refractivity contribution is 9.10. The highest BCUT2D eigenvalue weighted by Crippen LogP contribution is 2.25. The van der Waals surface area contributed by atoms with E-state index in [1.165, 1.54) is 6.07 Å². The minimum atomic E-state index is -0.458. The van der Waals surface area contributed by atoms with Crippen molar-refractivity contribution in [1.82, 2.24) is 19.8 Å². The van der Waals surface area contributed by atoms with Crippen molar-refractivity contribution in [3.8, 4) is 0 Å². The molecule has 1 aliphatic heterocycles. The first-order valence-corrected chi connectivity index (χ1v) is 9.50. The molecule has 9 heteroatoms. The third-order valence-electron chi connectivity index (χ3n) is 4.71. The van der Waals surface area contributed by atoms with Gasteiger partial charge in [0, 0.05) is 17.6 Å². The molecule has 27 heavy (non-hydrogen) atoms. The number of aromatic nitrogens is 4. The number of hydrogen-bond acceptors (Lipinski definition) is 5. The Labute approximate surface area is 163 Å². The van der Waals surface area contributed by atoms with Crippen molar-refractivity contribution in [2.45, 2.75) is 19.8 Å². The summed E-state index contributed by atoms with van der Waals surface area (Å²) in [6, 6.07) is 8.35. The molecule has 0 radical (unpaired) electrons. The van der Waals surface area contributed by atoms with Gasteiger partial charge in [-0.15, -0.1) is 15.3 Å². The van der Waals surface area contributed by atoms with Gasteiger partial charge in [0.25, 0.3) is 0 Å². The highest BCUT2D eigenvalue weighted by Gasteiger charge is 2.27. The second-order valence-electron chi connectivity index (χ2n) is 6.61. The normalized spacial score (nSPS) is 17.3. The molecule has 0 saturated carbocycles. The number of carbonyl (C=O) groups is 1. The van der Waals surface area contributed by atoms with Crippen molar-refractivity contribution in [2.24, 2.45) is 5.92 Å². The Hall–Kier alpha value is -2.55. The number of anilines is 2. The van der Waals surface area contributed by atoms with E-state index in [9.17, 15) is 9.18 Å². The minimum absolute atomic E-state index is 0.178. The molecule has 1 amide bonds. The van der Waals surface area contributed by atoms with Crippen LogP contribution < -0.4 is 10.2 Å². The summed E-state index contributed by atoms with van der Waals surface area (Å²) in [5, 5.41) is 15.3. The third-order valence-corrected chi connectivity index (χ3v) is 5.20. The molecule has 0 unspecified atom stereocenters. The van der Waals surface area contributed by atoms with E-state index >= 15 is 0 Å². The molecular formula is C18H18BrFN6O. The monoisotopic (exact) mass is 432 g/mol. The summed E-state index contributed by atoms with van der Waals surface area (Å²) >= 11 is 3.21. The van der Waals surface area contributed by atoms with Gasteiger partial charge < -0.3 is 10.2 Å². The van der Waals surface area contributed by atoms with Crippen molar-refractivity contribution < 1.29 is 9.18 Å². The van der Waals surface area contributed by atoms with Crippen LogP contribution in [0.25, 0.3) is 5.65 Å². The molecule has 1 saturated heterocycles. The average Bonchev–Trinajstić information content (AvgIpc) is 3.04. The fourth-order valence-electron chi connectivity index (χ4n) is 3.28. The molecule has 1 atom stereocenters. The summed E-state index contributed by atoms with van der Waals surface area (Å²) in [4.78, 5) is 14.7. The van der Waals surface area contributed by atoms with Gasteiger partial charge in [0.2, 0.25) is 5.91 Å². The van der Waals surface area contributed by atoms with E-state index < -0.39 is 5.82 Å². The summed E-state index contributed by atoms with van der Waals surface area (Å²) in [6.45, 7) is 3.19. The number of hydrogen-bond donors (Lipinski definition) is 1. The minimum Gasteiger partial charge on any atom is -0.354 e. The lowest BCUT2D eigenvalue weighted by atomic mass is 9.97. The van der Waals surface area contributed by atoms with Crippen molar-refractivity contribution in [3.05, 3.63) is 46.4 Å². The molecule has 1 aromatic carbocycles. The van der Waals surface area contributed by atoms with E-state index in [1.54, 1.807) is 16.6 Å². The number of benzene rings is 1. The lowest BCUT2D eigenvalue weighted by Gasteiger charge is -2.32. The summed E-state index contributed by atoms with van der Waals surface area (Å²) in [7, 11) is 0. The predicted octanol–water partition coefficient (Wildman–Crippen LogP) is 3.19. The Morgan fingerprint density at radius 2 is 2.15 bits per heavy atom. The van der Waals surface area contributed by atoms with Crippen LogP contribution in [0.1, 0.15) is 18.7 Å². The van der Waals surface area contributed by atoms with E-state index in [1.807, 2.05) is 19.1 Å². The van der Waals surface area contributed by atoms with Crippen molar-refractivity contribution in [3.63, 3.8) is 0 Å². The SMILES string of the molecule is Cc1nnc2ccc(N3CCC[C@H](C(=O)Nc4ccc(Br)cc4F)C3)nn12. The number of halogens is 2. The van der Waals surface area contributed by atoms with Gasteiger partial charge in [-0.05, 0) is 50.1 Å². The molecule has 0 bridgehead atoms. The highest BCUT2D eigenvalue weighted by atomic mass is 79.9. The molecule has 1 aliphatic rings. The number of rotatable bonds is 3. The second kappa shape index (κ2) is 7.22. The Morgan fingerprint density at radius 1 is 1.30 bits per heavy atom. The van der Waals surface area contributed by atoms with E-state index in [0.29, 0.717) is 22.5 Å². The molecule has 0 aliphatic carbocycles. The fourth-order valence-corrected chi connectivity index (χ4v) is 3.61. The average molecular weight is 433 g/mol. The molecule has 140 valence electrons. The summed E-state index contributed by atoms with van der Waals surface area (Å²) in [6.07, 6.45) is 1.62. The van der Waals surface area contributed by atoms with Gasteiger partial charge in [-0.2, -0.15) is 4.52 Å². The summed E-state index contributed by atoms with van der Waals surface area (Å²) < 4.78 is 16.3. The van der Waals surface area contributed by atoms with Gasteiger partial charge in [-0.1, -0.05) is 15.9 Å². The van der Waals surface area contributed by atoms with Crippen LogP contribution in [0.3, 0.4) is 0 Å². The van der Waals surface area contributed by atoms with E-state index in [-0.39, 0.29) is 17.5 Å². The van der Waals surface area contributed by atoms with E-state index in [4.69, 9.17) is 0 Å². The van der Waals surface area contributed by atoms with Crippen LogP contribution in [0.15, 0.2) is 34.8 Å². The number of fused-ring (bicyclic) bond motifs is 1. The van der Waals surface area contributed by atoms with Crippen LogP contribution in [-0.4, -0.2) is 38.8 Å². The van der Waals surface area contributed by atoms with Gasteiger partial charge in [-0.3, -0.25) is 4.79 Å². The van der Waals surface area contributed by atoms with E-state index in [0.717, 1.165) is 25.2 Å². The first-order valence-electron chi connectivity index (χ1n) is 8.71. The number of aryl methyl sites for hydroxylation is 1. The van der Waals surface area contributed by atoms with Crippen LogP contribution in [0.4, 0.5) is 15.9 Å². The third kappa shape index (κ3) is 3.64. The zero-order valence-electron chi connectivity index (χ0n) is 14.7. The van der Waals surface area contributed by atoms with Crippen molar-refractivity contribution in [2.75, 3.05) is 23.3 Å². The Balaban J connectivity index is 1.49. The van der Waals surface area contributed by atoms with Crippen LogP contribution in [0.5, 0.6) is 0 Å². The van der Waals surface area contributed by atoms with Gasteiger partial charge in [-0.25, -0.2) is 4.39 Å². The maximum Gasteiger partial charge on any atom is 0.229 e. The number of amides is 1. The van der Waals surface area contributed by atoms with Crippen LogP contribution in [0, 0.1) is 18.7 Å². The number of nitrogens with one attached hydrogen (secondary N) is 1. The van der Waals surface area contributed by atoms with Gasteiger partial charge in [0.1, 0.15) is 11.6 Å². The van der Waals surface area contributed by atoms with Crippen LogP contribution in [0.2, 0.25) is 0 Å². The second-order valence-corrected chi connectivity index (χ2v) is 7.52. The Morgan fingerprint density at radius 3 is 2.96 bits per heavy atom. The predicted molar refractivity (Wildman–Crippen MR) is 103 cm³/mol. The number of piperidine rings is 1. The lowest BCUT2D eigenvalue weighted by molar-refractivity contribution is -0.120. The first-order chi connectivity index (χ1) is 13.0. The maximum atomic E-state index is 14.0. The van der Waals surface area contributed by atoms with Crippen molar-refractivity contribution >= 4 is 39.0 Å². The Bertz CT molecular complexity index is 1010. The smallest absolute Gasteiger partial charge is 0.229 e. The summed E-state index contributed by atoms with van der Waals surface area (Å²) in [5.74, 6) is 0.617. The van der Waals surface area contributed by atoms with Crippen LogP contribution in [-0.2, 0) is 4.79 Å². The zero-order chi connectivity index (χ0) is 19.0. The number of carbonyl (C=O) groups excluding carboxylic acids is 1. The number of nitrogens with zero attached hydrogens (tertiary/aromatic N) is 5. The molecule has 4 rings (SSSR count). The zero-order valence-corrected chi connectivity index (χ0v) is 16.3. The van der Waals surface area contributed by atoms with Gasteiger partial charge in [0.15, 0.2) is 11.5 Å². The maximum absolute atomic E-state index is 14.0. The topological polar surface area (TPSA) is 75.4 Å². The lowest BCUT2D eigenvalue weighted by Crippen LogP contribution is -2.41. The van der Waals surface area contributed by atoms with E-state index in [2.05, 4.69) is 41.4 Å². The van der Waals surface area contributed by atoms with Gasteiger partial charge >= 0.3 is 0 Å². The quantitative estimate of drug-likeness (QED) is 0.687. The molecule has 0 spiro atoms. The van der Waals surface area contributed by atoms with Crippen molar-refractivity contribution in [1.29, 1.82) is 0 Å². The largest absolute Gasteiger partial charge is 0.354 e. The first kappa shape index (κ1) is 17.8. The molecule has 7 nitrogen and oxygen atoms in total. The molecule has 3 heterocycles. The molecule has 1 fully saturated rings. The molecule has 1 N–H and O–H groups in total. The van der Waals surface area contributed by atoms with Gasteiger partial charge in [0.05, 0.1) is 11.6 Å². The molecule has 2 aromatic heterocycles.